The van der Waals surface area contributed by atoms with Crippen LogP contribution in [0, 0.1) is 0 Å². The summed E-state index contributed by atoms with van der Waals surface area (Å²) in [5.74, 6) is -0.195. The van der Waals surface area contributed by atoms with E-state index in [9.17, 15) is 13.2 Å². The summed E-state index contributed by atoms with van der Waals surface area (Å²) in [5.41, 5.74) is 1.39. The van der Waals surface area contributed by atoms with Gasteiger partial charge in [0.1, 0.15) is 0 Å². The summed E-state index contributed by atoms with van der Waals surface area (Å²) in [7, 11) is -3.62. The molecular formula is C20H26N2O3S. The maximum atomic E-state index is 12.9. The lowest BCUT2D eigenvalue weighted by Gasteiger charge is -2.21. The first-order chi connectivity index (χ1) is 12.4. The maximum Gasteiger partial charge on any atom is 0.251 e. The monoisotopic (exact) mass is 374 g/mol. The van der Waals surface area contributed by atoms with Gasteiger partial charge in [-0.3, -0.25) is 4.79 Å². The second kappa shape index (κ2) is 8.96. The molecule has 0 aliphatic rings. The minimum Gasteiger partial charge on any atom is -0.350 e. The number of sulfonamides is 1. The predicted octanol–water partition coefficient (Wildman–Crippen LogP) is 3.43. The number of benzene rings is 2. The average Bonchev–Trinajstić information content (AvgIpc) is 2.66. The third-order valence-electron chi connectivity index (χ3n) is 4.30. The van der Waals surface area contributed by atoms with Gasteiger partial charge in [-0.25, -0.2) is 8.42 Å². The third-order valence-corrected chi connectivity index (χ3v) is 6.23. The van der Waals surface area contributed by atoms with Crippen LogP contribution < -0.4 is 5.32 Å². The molecule has 1 unspecified atom stereocenters. The lowest BCUT2D eigenvalue weighted by Crippen LogP contribution is -2.32. The van der Waals surface area contributed by atoms with Crippen LogP contribution in [0.3, 0.4) is 0 Å². The number of amides is 1. The Morgan fingerprint density at radius 1 is 1.04 bits per heavy atom. The van der Waals surface area contributed by atoms with Crippen molar-refractivity contribution < 1.29 is 13.2 Å². The molecule has 0 bridgehead atoms. The smallest absolute Gasteiger partial charge is 0.251 e. The first kappa shape index (κ1) is 20.1. The standard InChI is InChI=1S/C20H26N2O3S/c1-4-16(3)21-20(23)18-11-13-19(14-12-18)26(24,25)22(5-2)15-17-9-7-6-8-10-17/h6-14,16H,4-5,15H2,1-3H3,(H,21,23). The van der Waals surface area contributed by atoms with E-state index in [0.29, 0.717) is 18.7 Å². The quantitative estimate of drug-likeness (QED) is 0.770. The van der Waals surface area contributed by atoms with Crippen LogP contribution in [0.5, 0.6) is 0 Å². The number of carbonyl (C=O) groups excluding carboxylic acids is 1. The van der Waals surface area contributed by atoms with Crippen LogP contribution in [0.4, 0.5) is 0 Å². The lowest BCUT2D eigenvalue weighted by molar-refractivity contribution is 0.0939. The van der Waals surface area contributed by atoms with E-state index in [1.807, 2.05) is 51.1 Å². The van der Waals surface area contributed by atoms with Gasteiger partial charge in [0, 0.05) is 24.7 Å². The van der Waals surface area contributed by atoms with E-state index in [4.69, 9.17) is 0 Å². The Bertz CT molecular complexity index is 818. The molecule has 0 radical (unpaired) electrons. The van der Waals surface area contributed by atoms with Crippen molar-refractivity contribution in [1.82, 2.24) is 9.62 Å². The average molecular weight is 375 g/mol. The van der Waals surface area contributed by atoms with Gasteiger partial charge in [-0.15, -0.1) is 0 Å². The first-order valence-electron chi connectivity index (χ1n) is 8.83. The molecule has 0 aliphatic carbocycles. The molecule has 0 fully saturated rings. The zero-order valence-electron chi connectivity index (χ0n) is 15.5. The molecule has 1 amide bonds. The molecule has 0 saturated heterocycles. The Hall–Kier alpha value is -2.18. The molecule has 0 spiro atoms. The molecule has 1 N–H and O–H groups in total. The Kier molecular flexibility index (Phi) is 6.94. The Morgan fingerprint density at radius 3 is 2.19 bits per heavy atom. The Balaban J connectivity index is 2.18. The molecule has 1 atom stereocenters. The minimum atomic E-state index is -3.62. The largest absolute Gasteiger partial charge is 0.350 e. The van der Waals surface area contributed by atoms with E-state index in [2.05, 4.69) is 5.32 Å². The molecule has 0 saturated carbocycles. The highest BCUT2D eigenvalue weighted by Gasteiger charge is 2.23. The molecule has 2 aromatic carbocycles. The normalized spacial score (nSPS) is 12.8. The number of carbonyl (C=O) groups is 1. The van der Waals surface area contributed by atoms with Gasteiger partial charge in [0.25, 0.3) is 5.91 Å². The summed E-state index contributed by atoms with van der Waals surface area (Å²) in [6, 6.07) is 15.7. The number of nitrogens with zero attached hydrogens (tertiary/aromatic N) is 1. The van der Waals surface area contributed by atoms with Gasteiger partial charge in [-0.05, 0) is 43.2 Å². The highest BCUT2D eigenvalue weighted by molar-refractivity contribution is 7.89. The predicted molar refractivity (Wildman–Crippen MR) is 103 cm³/mol. The second-order valence-corrected chi connectivity index (χ2v) is 8.16. The van der Waals surface area contributed by atoms with Crippen LogP contribution in [0.2, 0.25) is 0 Å². The fourth-order valence-electron chi connectivity index (χ4n) is 2.49. The molecule has 0 aromatic heterocycles. The van der Waals surface area contributed by atoms with Crippen LogP contribution in [-0.2, 0) is 16.6 Å². The van der Waals surface area contributed by atoms with E-state index in [1.54, 1.807) is 12.1 Å². The van der Waals surface area contributed by atoms with Crippen molar-refractivity contribution in [2.24, 2.45) is 0 Å². The van der Waals surface area contributed by atoms with Crippen molar-refractivity contribution in [2.45, 2.75) is 44.7 Å². The molecule has 0 heterocycles. The van der Waals surface area contributed by atoms with E-state index >= 15 is 0 Å². The minimum absolute atomic E-state index is 0.0763. The topological polar surface area (TPSA) is 66.5 Å². The van der Waals surface area contributed by atoms with Crippen LogP contribution in [0.15, 0.2) is 59.5 Å². The highest BCUT2D eigenvalue weighted by atomic mass is 32.2. The van der Waals surface area contributed by atoms with E-state index < -0.39 is 10.0 Å². The molecule has 26 heavy (non-hydrogen) atoms. The van der Waals surface area contributed by atoms with Gasteiger partial charge in [0.15, 0.2) is 0 Å². The molecule has 2 rings (SSSR count). The van der Waals surface area contributed by atoms with Gasteiger partial charge in [-0.1, -0.05) is 44.2 Å². The van der Waals surface area contributed by atoms with Crippen molar-refractivity contribution >= 4 is 15.9 Å². The summed E-state index contributed by atoms with van der Waals surface area (Å²) >= 11 is 0. The first-order valence-corrected chi connectivity index (χ1v) is 10.3. The molecule has 5 nitrogen and oxygen atoms in total. The van der Waals surface area contributed by atoms with Crippen molar-refractivity contribution in [2.75, 3.05) is 6.54 Å². The maximum absolute atomic E-state index is 12.9. The van der Waals surface area contributed by atoms with Crippen LogP contribution in [0.1, 0.15) is 43.1 Å². The van der Waals surface area contributed by atoms with Gasteiger partial charge in [0.2, 0.25) is 10.0 Å². The fourth-order valence-corrected chi connectivity index (χ4v) is 3.93. The SMILES string of the molecule is CCC(C)NC(=O)c1ccc(S(=O)(=O)N(CC)Cc2ccccc2)cc1. The zero-order chi connectivity index (χ0) is 19.2. The molecule has 6 heteroatoms. The van der Waals surface area contributed by atoms with Gasteiger partial charge < -0.3 is 5.32 Å². The third kappa shape index (κ3) is 4.93. The van der Waals surface area contributed by atoms with Crippen molar-refractivity contribution in [3.63, 3.8) is 0 Å². The second-order valence-electron chi connectivity index (χ2n) is 6.22. The van der Waals surface area contributed by atoms with Crippen LogP contribution in [-0.4, -0.2) is 31.2 Å². The molecular weight excluding hydrogens is 348 g/mol. The highest BCUT2D eigenvalue weighted by Crippen LogP contribution is 2.19. The van der Waals surface area contributed by atoms with Crippen LogP contribution in [0.25, 0.3) is 0 Å². The summed E-state index contributed by atoms with van der Waals surface area (Å²) < 4.78 is 27.2. The summed E-state index contributed by atoms with van der Waals surface area (Å²) in [6.45, 7) is 6.42. The lowest BCUT2D eigenvalue weighted by atomic mass is 10.2. The van der Waals surface area contributed by atoms with Crippen LogP contribution >= 0.6 is 0 Å². The number of hydrogen-bond donors (Lipinski definition) is 1. The van der Waals surface area contributed by atoms with Gasteiger partial charge in [0.05, 0.1) is 4.90 Å². The number of nitrogens with one attached hydrogen (secondary N) is 1. The Labute approximate surface area is 156 Å². The van der Waals surface area contributed by atoms with E-state index in [1.165, 1.54) is 16.4 Å². The Morgan fingerprint density at radius 2 is 1.65 bits per heavy atom. The fraction of sp³-hybridized carbons (Fsp3) is 0.350. The van der Waals surface area contributed by atoms with Crippen molar-refractivity contribution in [1.29, 1.82) is 0 Å². The van der Waals surface area contributed by atoms with E-state index in [0.717, 1.165) is 12.0 Å². The van der Waals surface area contributed by atoms with Crippen molar-refractivity contribution in [3.05, 3.63) is 65.7 Å². The summed E-state index contributed by atoms with van der Waals surface area (Å²) in [6.07, 6.45) is 0.836. The molecule has 2 aromatic rings. The number of hydrogen-bond acceptors (Lipinski definition) is 3. The van der Waals surface area contributed by atoms with Crippen molar-refractivity contribution in [3.8, 4) is 0 Å². The van der Waals surface area contributed by atoms with E-state index in [-0.39, 0.29) is 16.8 Å². The zero-order valence-corrected chi connectivity index (χ0v) is 16.3. The number of rotatable bonds is 8. The molecule has 0 aliphatic heterocycles. The van der Waals surface area contributed by atoms with Gasteiger partial charge >= 0.3 is 0 Å². The summed E-state index contributed by atoms with van der Waals surface area (Å²) in [4.78, 5) is 12.3. The van der Waals surface area contributed by atoms with Gasteiger partial charge in [-0.2, -0.15) is 4.31 Å². The molecule has 140 valence electrons. The summed E-state index contributed by atoms with van der Waals surface area (Å²) in [5, 5.41) is 2.87.